The van der Waals surface area contributed by atoms with Gasteiger partial charge in [-0.25, -0.2) is 0 Å². The van der Waals surface area contributed by atoms with Gasteiger partial charge in [0.15, 0.2) is 0 Å². The molecule has 3 fully saturated rings. The first-order chi connectivity index (χ1) is 8.85. The van der Waals surface area contributed by atoms with Gasteiger partial charge in [-0.15, -0.1) is 0 Å². The molecule has 0 aliphatic carbocycles. The highest BCUT2D eigenvalue weighted by molar-refractivity contribution is 5.31. The lowest BCUT2D eigenvalue weighted by molar-refractivity contribution is -0.0765. The predicted octanol–water partition coefficient (Wildman–Crippen LogP) is 2.17. The number of fused-ring (bicyclic) bond motifs is 3. The summed E-state index contributed by atoms with van der Waals surface area (Å²) in [6.45, 7) is 4.27. The summed E-state index contributed by atoms with van der Waals surface area (Å²) in [4.78, 5) is 2.50. The molecule has 0 unspecified atom stereocenters. The van der Waals surface area contributed by atoms with Gasteiger partial charge in [0.1, 0.15) is 0 Å². The Hall–Kier alpha value is -1.37. The first-order valence-electron chi connectivity index (χ1n) is 6.68. The van der Waals surface area contributed by atoms with Crippen molar-refractivity contribution in [3.63, 3.8) is 0 Å². The van der Waals surface area contributed by atoms with E-state index < -0.39 is 0 Å². The molecule has 2 bridgehead atoms. The van der Waals surface area contributed by atoms with Crippen LogP contribution in [0.25, 0.3) is 0 Å². The van der Waals surface area contributed by atoms with Crippen LogP contribution in [0.15, 0.2) is 24.3 Å². The van der Waals surface area contributed by atoms with Gasteiger partial charge in [-0.3, -0.25) is 0 Å². The zero-order valence-corrected chi connectivity index (χ0v) is 10.5. The average molecular weight is 242 g/mol. The van der Waals surface area contributed by atoms with E-state index in [0.29, 0.717) is 18.3 Å². The van der Waals surface area contributed by atoms with Crippen molar-refractivity contribution in [2.24, 2.45) is 5.92 Å². The maximum atomic E-state index is 8.75. The molecule has 1 atom stereocenters. The van der Waals surface area contributed by atoms with Crippen molar-refractivity contribution in [3.05, 3.63) is 35.4 Å². The standard InChI is InChI=1S/C15H18N2O/c16-9-12-1-3-13(4-2-12)11-18-15-10-17-7-5-14(15)6-8-17/h1-4,14-15H,5-8,10-11H2/t15-/m0/s1. The second-order valence-electron chi connectivity index (χ2n) is 5.30. The van der Waals surface area contributed by atoms with Crippen molar-refractivity contribution in [2.45, 2.75) is 25.6 Å². The van der Waals surface area contributed by atoms with E-state index in [1.165, 1.54) is 25.9 Å². The monoisotopic (exact) mass is 242 g/mol. The fourth-order valence-corrected chi connectivity index (χ4v) is 2.98. The van der Waals surface area contributed by atoms with E-state index in [-0.39, 0.29) is 0 Å². The van der Waals surface area contributed by atoms with Gasteiger partial charge in [-0.05, 0) is 49.5 Å². The molecular weight excluding hydrogens is 224 g/mol. The molecule has 4 rings (SSSR count). The molecule has 1 aromatic carbocycles. The number of piperidine rings is 3. The van der Waals surface area contributed by atoms with Crippen LogP contribution in [0.5, 0.6) is 0 Å². The smallest absolute Gasteiger partial charge is 0.0991 e. The van der Waals surface area contributed by atoms with E-state index in [1.54, 1.807) is 0 Å². The molecule has 94 valence electrons. The van der Waals surface area contributed by atoms with Crippen molar-refractivity contribution in [1.29, 1.82) is 5.26 Å². The lowest BCUT2D eigenvalue weighted by Gasteiger charge is -2.44. The van der Waals surface area contributed by atoms with E-state index in [1.807, 2.05) is 24.3 Å². The molecule has 3 aliphatic heterocycles. The Morgan fingerprint density at radius 1 is 1.22 bits per heavy atom. The summed E-state index contributed by atoms with van der Waals surface area (Å²) < 4.78 is 6.05. The predicted molar refractivity (Wildman–Crippen MR) is 68.9 cm³/mol. The second-order valence-corrected chi connectivity index (χ2v) is 5.30. The molecule has 3 aliphatic rings. The van der Waals surface area contributed by atoms with Crippen LogP contribution >= 0.6 is 0 Å². The number of hydrogen-bond acceptors (Lipinski definition) is 3. The van der Waals surface area contributed by atoms with Crippen LogP contribution in [0.1, 0.15) is 24.0 Å². The summed E-state index contributed by atoms with van der Waals surface area (Å²) in [7, 11) is 0. The molecule has 0 spiro atoms. The van der Waals surface area contributed by atoms with Crippen molar-refractivity contribution in [3.8, 4) is 6.07 Å². The Bertz CT molecular complexity index is 441. The third kappa shape index (κ3) is 2.40. The van der Waals surface area contributed by atoms with Crippen LogP contribution in [0.4, 0.5) is 0 Å². The van der Waals surface area contributed by atoms with Gasteiger partial charge < -0.3 is 9.64 Å². The number of ether oxygens (including phenoxy) is 1. The highest BCUT2D eigenvalue weighted by Crippen LogP contribution is 2.29. The molecular formula is C15H18N2O. The maximum Gasteiger partial charge on any atom is 0.0991 e. The molecule has 1 aromatic rings. The Balaban J connectivity index is 1.56. The van der Waals surface area contributed by atoms with E-state index in [4.69, 9.17) is 10.00 Å². The lowest BCUT2D eigenvalue weighted by atomic mass is 9.86. The molecule has 3 saturated heterocycles. The molecule has 0 amide bonds. The van der Waals surface area contributed by atoms with Gasteiger partial charge in [0, 0.05) is 6.54 Å². The van der Waals surface area contributed by atoms with Crippen LogP contribution in [0.3, 0.4) is 0 Å². The topological polar surface area (TPSA) is 36.3 Å². The second kappa shape index (κ2) is 5.09. The number of nitrogens with zero attached hydrogens (tertiary/aromatic N) is 2. The number of benzene rings is 1. The molecule has 3 heteroatoms. The number of hydrogen-bond donors (Lipinski definition) is 0. The SMILES string of the molecule is N#Cc1ccc(CO[C@H]2CN3CCC2CC3)cc1. The number of rotatable bonds is 3. The summed E-state index contributed by atoms with van der Waals surface area (Å²) in [5.41, 5.74) is 1.87. The van der Waals surface area contributed by atoms with Crippen LogP contribution < -0.4 is 0 Å². The van der Waals surface area contributed by atoms with Gasteiger partial charge in [0.2, 0.25) is 0 Å². The van der Waals surface area contributed by atoms with E-state index in [0.717, 1.165) is 18.0 Å². The summed E-state index contributed by atoms with van der Waals surface area (Å²) >= 11 is 0. The van der Waals surface area contributed by atoms with Gasteiger partial charge in [0.25, 0.3) is 0 Å². The fourth-order valence-electron chi connectivity index (χ4n) is 2.98. The minimum atomic E-state index is 0.406. The van der Waals surface area contributed by atoms with Gasteiger partial charge in [0.05, 0.1) is 24.3 Å². The molecule has 3 nitrogen and oxygen atoms in total. The zero-order valence-electron chi connectivity index (χ0n) is 10.5. The Morgan fingerprint density at radius 2 is 1.94 bits per heavy atom. The largest absolute Gasteiger partial charge is 0.372 e. The van der Waals surface area contributed by atoms with Crippen molar-refractivity contribution in [1.82, 2.24) is 4.90 Å². The quantitative estimate of drug-likeness (QED) is 0.815. The minimum absolute atomic E-state index is 0.406. The van der Waals surface area contributed by atoms with Crippen LogP contribution in [-0.2, 0) is 11.3 Å². The highest BCUT2D eigenvalue weighted by atomic mass is 16.5. The molecule has 0 radical (unpaired) electrons. The average Bonchev–Trinajstić information content (AvgIpc) is 2.47. The van der Waals surface area contributed by atoms with Gasteiger partial charge in [-0.2, -0.15) is 5.26 Å². The van der Waals surface area contributed by atoms with Gasteiger partial charge in [-0.1, -0.05) is 12.1 Å². The molecule has 0 saturated carbocycles. The van der Waals surface area contributed by atoms with Crippen molar-refractivity contribution >= 4 is 0 Å². The van der Waals surface area contributed by atoms with Crippen molar-refractivity contribution in [2.75, 3.05) is 19.6 Å². The highest BCUT2D eigenvalue weighted by Gasteiger charge is 2.34. The normalized spacial score (nSPS) is 30.1. The lowest BCUT2D eigenvalue weighted by Crippen LogP contribution is -2.51. The van der Waals surface area contributed by atoms with E-state index in [9.17, 15) is 0 Å². The summed E-state index contributed by atoms with van der Waals surface area (Å²) in [6, 6.07) is 9.82. The molecule has 0 N–H and O–H groups in total. The third-order valence-electron chi connectivity index (χ3n) is 4.14. The maximum absolute atomic E-state index is 8.75. The van der Waals surface area contributed by atoms with Gasteiger partial charge >= 0.3 is 0 Å². The van der Waals surface area contributed by atoms with Crippen LogP contribution in [0.2, 0.25) is 0 Å². The van der Waals surface area contributed by atoms with E-state index >= 15 is 0 Å². The Labute approximate surface area is 108 Å². The summed E-state index contributed by atoms with van der Waals surface area (Å²) in [5, 5.41) is 8.75. The molecule has 3 heterocycles. The minimum Gasteiger partial charge on any atom is -0.372 e. The first kappa shape index (κ1) is 11.7. The first-order valence-corrected chi connectivity index (χ1v) is 6.68. The molecule has 0 aromatic heterocycles. The van der Waals surface area contributed by atoms with Crippen molar-refractivity contribution < 1.29 is 4.74 Å². The van der Waals surface area contributed by atoms with Crippen LogP contribution in [0, 0.1) is 17.2 Å². The number of nitriles is 1. The fraction of sp³-hybridized carbons (Fsp3) is 0.533. The Kier molecular flexibility index (Phi) is 3.31. The van der Waals surface area contributed by atoms with Crippen LogP contribution in [-0.4, -0.2) is 30.6 Å². The molecule has 18 heavy (non-hydrogen) atoms. The summed E-state index contributed by atoms with van der Waals surface area (Å²) in [5.74, 6) is 0.758. The zero-order chi connectivity index (χ0) is 12.4. The Morgan fingerprint density at radius 3 is 2.50 bits per heavy atom. The van der Waals surface area contributed by atoms with E-state index in [2.05, 4.69) is 11.0 Å². The summed E-state index contributed by atoms with van der Waals surface area (Å²) in [6.07, 6.45) is 2.99. The third-order valence-corrected chi connectivity index (χ3v) is 4.14.